The molecule has 0 spiro atoms. The van der Waals surface area contributed by atoms with Gasteiger partial charge in [0.05, 0.1) is 17.5 Å². The Morgan fingerprint density at radius 3 is 2.42 bits per heavy atom. The van der Waals surface area contributed by atoms with Gasteiger partial charge in [-0.3, -0.25) is 9.48 Å². The van der Waals surface area contributed by atoms with Crippen molar-refractivity contribution in [2.75, 3.05) is 24.6 Å². The van der Waals surface area contributed by atoms with Gasteiger partial charge in [-0.05, 0) is 38.2 Å². The van der Waals surface area contributed by atoms with Crippen LogP contribution in [0.4, 0.5) is 0 Å². The van der Waals surface area contributed by atoms with Crippen molar-refractivity contribution in [2.24, 2.45) is 0 Å². The van der Waals surface area contributed by atoms with Crippen LogP contribution in [0.15, 0.2) is 6.07 Å². The Balaban J connectivity index is 1.87. The van der Waals surface area contributed by atoms with Gasteiger partial charge < -0.3 is 4.90 Å². The Morgan fingerprint density at radius 1 is 1.25 bits per heavy atom. The largest absolute Gasteiger partial charge is 0.337 e. The number of nitrogens with zero attached hydrogens (tertiary/aromatic N) is 3. The molecule has 0 radical (unpaired) electrons. The summed E-state index contributed by atoms with van der Waals surface area (Å²) in [4.78, 5) is 14.7. The van der Waals surface area contributed by atoms with Crippen LogP contribution in [0.3, 0.4) is 0 Å². The first-order chi connectivity index (χ1) is 11.4. The third-order valence-electron chi connectivity index (χ3n) is 4.81. The third kappa shape index (κ3) is 3.66. The van der Waals surface area contributed by atoms with E-state index in [1.165, 1.54) is 0 Å². The third-order valence-corrected chi connectivity index (χ3v) is 6.56. The molecule has 24 heavy (non-hydrogen) atoms. The Kier molecular flexibility index (Phi) is 4.99. The molecule has 0 aromatic carbocycles. The van der Waals surface area contributed by atoms with E-state index in [0.717, 1.165) is 44.5 Å². The van der Waals surface area contributed by atoms with Gasteiger partial charge in [0.1, 0.15) is 0 Å². The molecule has 1 unspecified atom stereocenters. The van der Waals surface area contributed by atoms with Gasteiger partial charge in [0.15, 0.2) is 15.5 Å². The van der Waals surface area contributed by atoms with E-state index in [1.54, 1.807) is 0 Å². The van der Waals surface area contributed by atoms with Crippen LogP contribution in [0.1, 0.15) is 74.1 Å². The second-order valence-corrected chi connectivity index (χ2v) is 9.25. The zero-order chi connectivity index (χ0) is 17.3. The first-order valence-electron chi connectivity index (χ1n) is 9.04. The van der Waals surface area contributed by atoms with Crippen LogP contribution < -0.4 is 0 Å². The van der Waals surface area contributed by atoms with Gasteiger partial charge in [-0.15, -0.1) is 0 Å². The number of aromatic nitrogens is 2. The highest BCUT2D eigenvalue weighted by Crippen LogP contribution is 2.42. The minimum atomic E-state index is -2.97. The lowest BCUT2D eigenvalue weighted by atomic mass is 10.2. The van der Waals surface area contributed by atoms with Gasteiger partial charge in [-0.1, -0.05) is 13.8 Å². The maximum absolute atomic E-state index is 12.8. The fourth-order valence-corrected chi connectivity index (χ4v) is 5.17. The average molecular weight is 353 g/mol. The quantitative estimate of drug-likeness (QED) is 0.754. The van der Waals surface area contributed by atoms with E-state index >= 15 is 0 Å². The summed E-state index contributed by atoms with van der Waals surface area (Å²) in [6.45, 7) is 5.59. The molecule has 2 aliphatic rings. The standard InChI is InChI=1S/C17H27N3O3S/c1-3-8-19(9-4-2)17(21)15-11-16(13-5-6-13)20(18-15)14-7-10-24(22,23)12-14/h11,13-14H,3-10,12H2,1-2H3. The Hall–Kier alpha value is -1.37. The lowest BCUT2D eigenvalue weighted by Gasteiger charge is -2.20. The van der Waals surface area contributed by atoms with Crippen molar-refractivity contribution in [1.82, 2.24) is 14.7 Å². The molecule has 3 rings (SSSR count). The van der Waals surface area contributed by atoms with Crippen LogP contribution in [0.25, 0.3) is 0 Å². The number of rotatable bonds is 7. The second kappa shape index (κ2) is 6.86. The summed E-state index contributed by atoms with van der Waals surface area (Å²) in [5.74, 6) is 0.784. The molecule has 2 fully saturated rings. The fraction of sp³-hybridized carbons (Fsp3) is 0.765. The number of hydrogen-bond donors (Lipinski definition) is 0. The molecular formula is C17H27N3O3S. The SMILES string of the molecule is CCCN(CCC)C(=O)c1cc(C2CC2)n(C2CCS(=O)(=O)C2)n1. The molecule has 1 amide bonds. The number of sulfone groups is 1. The lowest BCUT2D eigenvalue weighted by molar-refractivity contribution is 0.0748. The van der Waals surface area contributed by atoms with E-state index < -0.39 is 9.84 Å². The first-order valence-corrected chi connectivity index (χ1v) is 10.9. The van der Waals surface area contributed by atoms with E-state index in [4.69, 9.17) is 0 Å². The Labute approximate surface area is 144 Å². The number of hydrogen-bond acceptors (Lipinski definition) is 4. The molecule has 1 aromatic rings. The number of amides is 1. The molecule has 2 heterocycles. The zero-order valence-corrected chi connectivity index (χ0v) is 15.4. The highest BCUT2D eigenvalue weighted by molar-refractivity contribution is 7.91. The van der Waals surface area contributed by atoms with Crippen LogP contribution >= 0.6 is 0 Å². The van der Waals surface area contributed by atoms with E-state index in [1.807, 2.05) is 15.6 Å². The Bertz CT molecular complexity index is 701. The zero-order valence-electron chi connectivity index (χ0n) is 14.6. The van der Waals surface area contributed by atoms with Gasteiger partial charge in [-0.2, -0.15) is 5.10 Å². The average Bonchev–Trinajstić information content (AvgIpc) is 3.18. The smallest absolute Gasteiger partial charge is 0.274 e. The summed E-state index contributed by atoms with van der Waals surface area (Å²) in [5, 5.41) is 4.57. The topological polar surface area (TPSA) is 72.3 Å². The van der Waals surface area contributed by atoms with Crippen LogP contribution in [0.2, 0.25) is 0 Å². The predicted octanol–water partition coefficient (Wildman–Crippen LogP) is 2.38. The molecule has 1 saturated heterocycles. The number of carbonyl (C=O) groups excluding carboxylic acids is 1. The van der Waals surface area contributed by atoms with Crippen LogP contribution in [0, 0.1) is 0 Å². The molecule has 1 aromatic heterocycles. The minimum Gasteiger partial charge on any atom is -0.337 e. The van der Waals surface area contributed by atoms with Crippen molar-refractivity contribution in [3.8, 4) is 0 Å². The summed E-state index contributed by atoms with van der Waals surface area (Å²) >= 11 is 0. The maximum Gasteiger partial charge on any atom is 0.274 e. The van der Waals surface area contributed by atoms with Gasteiger partial charge in [0.25, 0.3) is 5.91 Å². The molecular weight excluding hydrogens is 326 g/mol. The van der Waals surface area contributed by atoms with Crippen LogP contribution in [0.5, 0.6) is 0 Å². The highest BCUT2D eigenvalue weighted by Gasteiger charge is 2.36. The van der Waals surface area contributed by atoms with E-state index in [0.29, 0.717) is 18.0 Å². The van der Waals surface area contributed by atoms with Gasteiger partial charge >= 0.3 is 0 Å². The molecule has 1 aliphatic carbocycles. The van der Waals surface area contributed by atoms with Crippen molar-refractivity contribution >= 4 is 15.7 Å². The highest BCUT2D eigenvalue weighted by atomic mass is 32.2. The first kappa shape index (κ1) is 17.5. The monoisotopic (exact) mass is 353 g/mol. The normalized spacial score (nSPS) is 22.7. The number of carbonyl (C=O) groups is 1. The van der Waals surface area contributed by atoms with Crippen molar-refractivity contribution < 1.29 is 13.2 Å². The Morgan fingerprint density at radius 2 is 1.92 bits per heavy atom. The fourth-order valence-electron chi connectivity index (χ4n) is 3.47. The molecule has 7 heteroatoms. The molecule has 0 N–H and O–H groups in total. The molecule has 1 saturated carbocycles. The molecule has 1 aliphatic heterocycles. The predicted molar refractivity (Wildman–Crippen MR) is 93.0 cm³/mol. The van der Waals surface area contributed by atoms with E-state index in [9.17, 15) is 13.2 Å². The summed E-state index contributed by atoms with van der Waals surface area (Å²) < 4.78 is 25.5. The van der Waals surface area contributed by atoms with Crippen LogP contribution in [-0.4, -0.2) is 53.6 Å². The summed E-state index contributed by atoms with van der Waals surface area (Å²) in [6, 6.07) is 1.79. The molecule has 1 atom stereocenters. The molecule has 6 nitrogen and oxygen atoms in total. The van der Waals surface area contributed by atoms with Gasteiger partial charge in [-0.25, -0.2) is 8.42 Å². The van der Waals surface area contributed by atoms with Gasteiger partial charge in [0.2, 0.25) is 0 Å². The summed E-state index contributed by atoms with van der Waals surface area (Å²) in [6.07, 6.45) is 4.65. The van der Waals surface area contributed by atoms with Gasteiger partial charge in [0, 0.05) is 24.7 Å². The van der Waals surface area contributed by atoms with Crippen molar-refractivity contribution in [1.29, 1.82) is 0 Å². The van der Waals surface area contributed by atoms with Crippen LogP contribution in [-0.2, 0) is 9.84 Å². The molecule has 0 bridgehead atoms. The van der Waals surface area contributed by atoms with Crippen molar-refractivity contribution in [3.05, 3.63) is 17.5 Å². The van der Waals surface area contributed by atoms with Crippen molar-refractivity contribution in [3.63, 3.8) is 0 Å². The van der Waals surface area contributed by atoms with E-state index in [-0.39, 0.29) is 23.5 Å². The molecule has 134 valence electrons. The summed E-state index contributed by atoms with van der Waals surface area (Å²) in [5.41, 5.74) is 1.52. The maximum atomic E-state index is 12.8. The second-order valence-electron chi connectivity index (χ2n) is 7.02. The summed E-state index contributed by atoms with van der Waals surface area (Å²) in [7, 11) is -2.97. The minimum absolute atomic E-state index is 0.0276. The lowest BCUT2D eigenvalue weighted by Crippen LogP contribution is -2.33. The van der Waals surface area contributed by atoms with E-state index in [2.05, 4.69) is 18.9 Å². The van der Waals surface area contributed by atoms with Crippen molar-refractivity contribution in [2.45, 2.75) is 57.9 Å².